The van der Waals surface area contributed by atoms with E-state index < -0.39 is 0 Å². The van der Waals surface area contributed by atoms with Crippen LogP contribution in [0.25, 0.3) is 0 Å². The fraction of sp³-hybridized carbons (Fsp3) is 0.167. The molecule has 0 aliphatic carbocycles. The van der Waals surface area contributed by atoms with Crippen LogP contribution in [-0.4, -0.2) is 18.9 Å². The summed E-state index contributed by atoms with van der Waals surface area (Å²) >= 11 is 0. The van der Waals surface area contributed by atoms with Crippen molar-refractivity contribution >= 4 is 23.2 Å². The number of benzene rings is 3. The summed E-state index contributed by atoms with van der Waals surface area (Å²) in [7, 11) is 1.59. The molecule has 3 aromatic carbocycles. The van der Waals surface area contributed by atoms with Crippen molar-refractivity contribution in [1.82, 2.24) is 0 Å². The fourth-order valence-electron chi connectivity index (χ4n) is 3.21. The molecular weight excluding hydrogens is 364 g/mol. The minimum Gasteiger partial charge on any atom is -0.497 e. The van der Waals surface area contributed by atoms with Gasteiger partial charge in [0.2, 0.25) is 0 Å². The molecular formula is C24H24N2O3. The van der Waals surface area contributed by atoms with Crippen LogP contribution in [0.15, 0.2) is 60.7 Å². The normalized spacial score (nSPS) is 10.3. The van der Waals surface area contributed by atoms with Crippen LogP contribution in [-0.2, 0) is 0 Å². The second-order valence-electron chi connectivity index (χ2n) is 6.99. The predicted molar refractivity (Wildman–Crippen MR) is 116 cm³/mol. The highest BCUT2D eigenvalue weighted by Crippen LogP contribution is 2.23. The van der Waals surface area contributed by atoms with Gasteiger partial charge in [-0.2, -0.15) is 0 Å². The molecule has 5 heteroatoms. The molecule has 3 rings (SSSR count). The van der Waals surface area contributed by atoms with Crippen LogP contribution in [0, 0.1) is 20.8 Å². The summed E-state index contributed by atoms with van der Waals surface area (Å²) in [5.74, 6) is 0.270. The Balaban J connectivity index is 1.69. The van der Waals surface area contributed by atoms with E-state index in [1.54, 1.807) is 55.6 Å². The van der Waals surface area contributed by atoms with Gasteiger partial charge in [-0.3, -0.25) is 9.59 Å². The lowest BCUT2D eigenvalue weighted by Gasteiger charge is -2.13. The van der Waals surface area contributed by atoms with E-state index in [0.717, 1.165) is 28.1 Å². The van der Waals surface area contributed by atoms with Crippen LogP contribution >= 0.6 is 0 Å². The van der Waals surface area contributed by atoms with E-state index in [4.69, 9.17) is 4.74 Å². The molecule has 0 aromatic heterocycles. The first-order valence-corrected chi connectivity index (χ1v) is 9.32. The standard InChI is InChI=1S/C24H24N2O3/c1-15-13-16(2)22(17(3)14-15)26-24(28)19-7-5-18(6-8-19)23(27)25-20-9-11-21(29-4)12-10-20/h5-14H,1-4H3,(H,25,27)(H,26,28). The summed E-state index contributed by atoms with van der Waals surface area (Å²) in [5, 5.41) is 5.79. The number of rotatable bonds is 5. The molecule has 0 radical (unpaired) electrons. The van der Waals surface area contributed by atoms with E-state index in [9.17, 15) is 9.59 Å². The summed E-state index contributed by atoms with van der Waals surface area (Å²) < 4.78 is 5.11. The molecule has 0 spiro atoms. The Morgan fingerprint density at radius 2 is 1.21 bits per heavy atom. The van der Waals surface area contributed by atoms with Crippen molar-refractivity contribution in [3.8, 4) is 5.75 Å². The minimum absolute atomic E-state index is 0.206. The van der Waals surface area contributed by atoms with Gasteiger partial charge in [0.15, 0.2) is 0 Å². The number of anilines is 2. The summed E-state index contributed by atoms with van der Waals surface area (Å²) in [6.45, 7) is 5.98. The average Bonchev–Trinajstić information content (AvgIpc) is 2.71. The van der Waals surface area contributed by atoms with Crippen LogP contribution in [0.5, 0.6) is 5.75 Å². The lowest BCUT2D eigenvalue weighted by Crippen LogP contribution is -2.15. The molecule has 0 aliphatic rings. The Labute approximate surface area is 170 Å². The molecule has 2 N–H and O–H groups in total. The quantitative estimate of drug-likeness (QED) is 0.637. The molecule has 0 saturated carbocycles. The Kier molecular flexibility index (Phi) is 5.98. The highest BCUT2D eigenvalue weighted by molar-refractivity contribution is 6.07. The number of amides is 2. The molecule has 0 fully saturated rings. The van der Waals surface area contributed by atoms with E-state index in [-0.39, 0.29) is 11.8 Å². The smallest absolute Gasteiger partial charge is 0.255 e. The summed E-state index contributed by atoms with van der Waals surface area (Å²) in [4.78, 5) is 25.0. The first-order chi connectivity index (χ1) is 13.9. The van der Waals surface area contributed by atoms with Gasteiger partial charge in [-0.25, -0.2) is 0 Å². The Morgan fingerprint density at radius 1 is 0.724 bits per heavy atom. The van der Waals surface area contributed by atoms with Gasteiger partial charge in [0, 0.05) is 22.5 Å². The number of methoxy groups -OCH3 is 1. The first kappa shape index (κ1) is 20.1. The first-order valence-electron chi connectivity index (χ1n) is 9.32. The molecule has 148 valence electrons. The van der Waals surface area contributed by atoms with Crippen molar-refractivity contribution in [2.24, 2.45) is 0 Å². The number of hydrogen-bond acceptors (Lipinski definition) is 3. The molecule has 0 aliphatic heterocycles. The van der Waals surface area contributed by atoms with Gasteiger partial charge in [-0.05, 0) is 80.4 Å². The van der Waals surface area contributed by atoms with Gasteiger partial charge in [-0.15, -0.1) is 0 Å². The summed E-state index contributed by atoms with van der Waals surface area (Å²) in [6, 6.07) is 17.7. The molecule has 0 unspecified atom stereocenters. The molecule has 0 bridgehead atoms. The number of carbonyl (C=O) groups excluding carboxylic acids is 2. The molecule has 29 heavy (non-hydrogen) atoms. The third-order valence-corrected chi connectivity index (χ3v) is 4.67. The van der Waals surface area contributed by atoms with Crippen LogP contribution in [0.1, 0.15) is 37.4 Å². The van der Waals surface area contributed by atoms with E-state index >= 15 is 0 Å². The lowest BCUT2D eigenvalue weighted by molar-refractivity contribution is 0.101. The summed E-state index contributed by atoms with van der Waals surface area (Å²) in [5.41, 5.74) is 5.65. The Hall–Kier alpha value is -3.60. The zero-order valence-corrected chi connectivity index (χ0v) is 17.0. The molecule has 0 atom stereocenters. The lowest BCUT2D eigenvalue weighted by atomic mass is 10.0. The molecule has 5 nitrogen and oxygen atoms in total. The number of nitrogens with one attached hydrogen (secondary N) is 2. The molecule has 2 amide bonds. The average molecular weight is 388 g/mol. The van der Waals surface area contributed by atoms with E-state index in [0.29, 0.717) is 16.8 Å². The van der Waals surface area contributed by atoms with Crippen LogP contribution < -0.4 is 15.4 Å². The van der Waals surface area contributed by atoms with E-state index in [1.165, 1.54) is 0 Å². The van der Waals surface area contributed by atoms with E-state index in [1.807, 2.05) is 32.9 Å². The van der Waals surface area contributed by atoms with Crippen molar-refractivity contribution in [2.45, 2.75) is 20.8 Å². The maximum atomic E-state index is 12.6. The second kappa shape index (κ2) is 8.61. The van der Waals surface area contributed by atoms with Gasteiger partial charge in [0.25, 0.3) is 11.8 Å². The van der Waals surface area contributed by atoms with Gasteiger partial charge in [0.05, 0.1) is 7.11 Å². The number of ether oxygens (including phenoxy) is 1. The van der Waals surface area contributed by atoms with Gasteiger partial charge >= 0.3 is 0 Å². The van der Waals surface area contributed by atoms with Crippen molar-refractivity contribution in [3.05, 3.63) is 88.5 Å². The van der Waals surface area contributed by atoms with Crippen LogP contribution in [0.3, 0.4) is 0 Å². The van der Waals surface area contributed by atoms with Gasteiger partial charge in [-0.1, -0.05) is 17.7 Å². The van der Waals surface area contributed by atoms with Crippen LogP contribution in [0.4, 0.5) is 11.4 Å². The van der Waals surface area contributed by atoms with E-state index in [2.05, 4.69) is 10.6 Å². The number of hydrogen-bond donors (Lipinski definition) is 2. The highest BCUT2D eigenvalue weighted by atomic mass is 16.5. The third kappa shape index (κ3) is 4.82. The maximum Gasteiger partial charge on any atom is 0.255 e. The predicted octanol–water partition coefficient (Wildman–Crippen LogP) is 5.13. The maximum absolute atomic E-state index is 12.6. The number of aryl methyl sites for hydroxylation is 3. The largest absolute Gasteiger partial charge is 0.497 e. The second-order valence-corrected chi connectivity index (χ2v) is 6.99. The van der Waals surface area contributed by atoms with Gasteiger partial charge in [0.1, 0.15) is 5.75 Å². The minimum atomic E-state index is -0.243. The van der Waals surface area contributed by atoms with Crippen molar-refractivity contribution in [2.75, 3.05) is 17.7 Å². The Morgan fingerprint density at radius 3 is 1.69 bits per heavy atom. The topological polar surface area (TPSA) is 67.4 Å². The van der Waals surface area contributed by atoms with Crippen LogP contribution in [0.2, 0.25) is 0 Å². The molecule has 0 heterocycles. The highest BCUT2D eigenvalue weighted by Gasteiger charge is 2.12. The number of carbonyl (C=O) groups is 2. The molecule has 3 aromatic rings. The fourth-order valence-corrected chi connectivity index (χ4v) is 3.21. The zero-order chi connectivity index (χ0) is 21.0. The third-order valence-electron chi connectivity index (χ3n) is 4.67. The van der Waals surface area contributed by atoms with Crippen molar-refractivity contribution in [3.63, 3.8) is 0 Å². The SMILES string of the molecule is COc1ccc(NC(=O)c2ccc(C(=O)Nc3c(C)cc(C)cc3C)cc2)cc1. The monoisotopic (exact) mass is 388 g/mol. The Bertz CT molecular complexity index is 1020. The van der Waals surface area contributed by atoms with Gasteiger partial charge < -0.3 is 15.4 Å². The zero-order valence-electron chi connectivity index (χ0n) is 17.0. The van der Waals surface area contributed by atoms with Crippen molar-refractivity contribution < 1.29 is 14.3 Å². The molecule has 0 saturated heterocycles. The van der Waals surface area contributed by atoms with Crippen molar-refractivity contribution in [1.29, 1.82) is 0 Å². The summed E-state index contributed by atoms with van der Waals surface area (Å²) in [6.07, 6.45) is 0.